The van der Waals surface area contributed by atoms with Crippen LogP contribution >= 0.6 is 0 Å². The van der Waals surface area contributed by atoms with E-state index in [1.807, 2.05) is 0 Å². The van der Waals surface area contributed by atoms with E-state index in [0.717, 1.165) is 0 Å². The first kappa shape index (κ1) is 8.62. The Kier molecular flexibility index (Phi) is 1.70. The van der Waals surface area contributed by atoms with Gasteiger partial charge in [-0.15, -0.1) is 0 Å². The second-order valence-electron chi connectivity index (χ2n) is 2.99. The molecule has 0 saturated heterocycles. The normalized spacial score (nSPS) is 10.6. The second-order valence-corrected chi connectivity index (χ2v) is 2.99. The number of benzene rings is 1. The van der Waals surface area contributed by atoms with Gasteiger partial charge >= 0.3 is 5.97 Å². The fourth-order valence-electron chi connectivity index (χ4n) is 1.47. The number of carbonyl (C=O) groups is 1. The molecule has 1 aromatic heterocycles. The van der Waals surface area contributed by atoms with Crippen molar-refractivity contribution in [3.63, 3.8) is 0 Å². The van der Waals surface area contributed by atoms with Crippen LogP contribution in [-0.2, 0) is 0 Å². The van der Waals surface area contributed by atoms with Crippen LogP contribution in [-0.4, -0.2) is 11.1 Å². The van der Waals surface area contributed by atoms with Crippen molar-refractivity contribution in [1.29, 1.82) is 0 Å². The SMILES string of the molecule is Cc1c(C(=O)O)oc2cccc([O-])c12. The lowest BCUT2D eigenvalue weighted by Gasteiger charge is -2.05. The Balaban J connectivity index is 2.87. The van der Waals surface area contributed by atoms with E-state index in [9.17, 15) is 9.90 Å². The van der Waals surface area contributed by atoms with Gasteiger partial charge in [0.25, 0.3) is 0 Å². The van der Waals surface area contributed by atoms with E-state index in [4.69, 9.17) is 9.52 Å². The molecule has 4 nitrogen and oxygen atoms in total. The van der Waals surface area contributed by atoms with Crippen LogP contribution in [0.4, 0.5) is 0 Å². The van der Waals surface area contributed by atoms with Crippen molar-refractivity contribution in [1.82, 2.24) is 0 Å². The first-order valence-electron chi connectivity index (χ1n) is 4.03. The monoisotopic (exact) mass is 191 g/mol. The van der Waals surface area contributed by atoms with Crippen LogP contribution in [0.1, 0.15) is 16.1 Å². The number of fused-ring (bicyclic) bond motifs is 1. The highest BCUT2D eigenvalue weighted by atomic mass is 16.4. The highest BCUT2D eigenvalue weighted by Gasteiger charge is 2.16. The quantitative estimate of drug-likeness (QED) is 0.741. The lowest BCUT2D eigenvalue weighted by atomic mass is 10.1. The van der Waals surface area contributed by atoms with Crippen molar-refractivity contribution in [3.8, 4) is 5.75 Å². The maximum Gasteiger partial charge on any atom is 0.372 e. The van der Waals surface area contributed by atoms with E-state index < -0.39 is 5.97 Å². The summed E-state index contributed by atoms with van der Waals surface area (Å²) < 4.78 is 5.04. The molecule has 0 amide bonds. The molecule has 0 aliphatic rings. The van der Waals surface area contributed by atoms with E-state index in [0.29, 0.717) is 16.5 Å². The van der Waals surface area contributed by atoms with Gasteiger partial charge in [0.05, 0.1) is 0 Å². The van der Waals surface area contributed by atoms with Crippen molar-refractivity contribution in [2.24, 2.45) is 0 Å². The molecular weight excluding hydrogens is 184 g/mol. The molecule has 2 aromatic rings. The summed E-state index contributed by atoms with van der Waals surface area (Å²) in [6.07, 6.45) is 0. The zero-order valence-corrected chi connectivity index (χ0v) is 7.40. The molecule has 2 rings (SSSR count). The Labute approximate surface area is 79.4 Å². The van der Waals surface area contributed by atoms with E-state index >= 15 is 0 Å². The van der Waals surface area contributed by atoms with Gasteiger partial charge < -0.3 is 14.6 Å². The average Bonchev–Trinajstić information content (AvgIpc) is 2.45. The van der Waals surface area contributed by atoms with E-state index in [1.165, 1.54) is 6.07 Å². The summed E-state index contributed by atoms with van der Waals surface area (Å²) in [7, 11) is 0. The third kappa shape index (κ3) is 1.04. The maximum absolute atomic E-state index is 11.4. The number of furan rings is 1. The third-order valence-corrected chi connectivity index (χ3v) is 2.11. The maximum atomic E-state index is 11.4. The zero-order chi connectivity index (χ0) is 10.3. The van der Waals surface area contributed by atoms with Crippen molar-refractivity contribution in [2.75, 3.05) is 0 Å². The molecule has 0 unspecified atom stereocenters. The summed E-state index contributed by atoms with van der Waals surface area (Å²) in [5.74, 6) is -1.53. The Morgan fingerprint density at radius 1 is 1.50 bits per heavy atom. The van der Waals surface area contributed by atoms with E-state index in [-0.39, 0.29) is 11.5 Å². The average molecular weight is 191 g/mol. The molecule has 0 atom stereocenters. The lowest BCUT2D eigenvalue weighted by Crippen LogP contribution is -1.96. The molecule has 72 valence electrons. The molecule has 14 heavy (non-hydrogen) atoms. The molecule has 0 bridgehead atoms. The van der Waals surface area contributed by atoms with Gasteiger partial charge in [-0.25, -0.2) is 4.79 Å². The van der Waals surface area contributed by atoms with Crippen molar-refractivity contribution >= 4 is 16.9 Å². The smallest absolute Gasteiger partial charge is 0.372 e. The molecule has 0 aliphatic carbocycles. The fraction of sp³-hybridized carbons (Fsp3) is 0.100. The minimum absolute atomic E-state index is 0.164. The Hall–Kier alpha value is -1.97. The van der Waals surface area contributed by atoms with Gasteiger partial charge in [0.2, 0.25) is 5.76 Å². The van der Waals surface area contributed by atoms with Gasteiger partial charge in [-0.05, 0) is 13.0 Å². The van der Waals surface area contributed by atoms with Crippen LogP contribution < -0.4 is 5.11 Å². The first-order valence-corrected chi connectivity index (χ1v) is 4.03. The molecular formula is C10H7O4-. The standard InChI is InChI=1S/C10H8O4/c1-5-8-6(11)3-2-4-7(8)14-9(5)10(12)13/h2-4,11H,1H3,(H,12,13)/p-1. The van der Waals surface area contributed by atoms with E-state index in [2.05, 4.69) is 0 Å². The van der Waals surface area contributed by atoms with Crippen LogP contribution in [0, 0.1) is 6.92 Å². The highest BCUT2D eigenvalue weighted by Crippen LogP contribution is 2.30. The number of hydrogen-bond donors (Lipinski definition) is 1. The number of rotatable bonds is 1. The van der Waals surface area contributed by atoms with Gasteiger partial charge in [-0.3, -0.25) is 0 Å². The van der Waals surface area contributed by atoms with Crippen LogP contribution in [0.25, 0.3) is 11.0 Å². The third-order valence-electron chi connectivity index (χ3n) is 2.11. The fourth-order valence-corrected chi connectivity index (χ4v) is 1.47. The minimum atomic E-state index is -1.15. The lowest BCUT2D eigenvalue weighted by molar-refractivity contribution is -0.265. The number of carboxylic acids is 1. The van der Waals surface area contributed by atoms with Crippen molar-refractivity contribution in [3.05, 3.63) is 29.5 Å². The number of hydrogen-bond acceptors (Lipinski definition) is 3. The molecule has 4 heteroatoms. The Morgan fingerprint density at radius 2 is 2.21 bits per heavy atom. The predicted molar refractivity (Wildman–Crippen MR) is 47.4 cm³/mol. The van der Waals surface area contributed by atoms with Gasteiger partial charge in [-0.1, -0.05) is 17.9 Å². The largest absolute Gasteiger partial charge is 0.872 e. The summed E-state index contributed by atoms with van der Waals surface area (Å²) in [6, 6.07) is 4.51. The van der Waals surface area contributed by atoms with Crippen molar-refractivity contribution < 1.29 is 19.4 Å². The summed E-state index contributed by atoms with van der Waals surface area (Å²) in [4.78, 5) is 10.7. The van der Waals surface area contributed by atoms with Gasteiger partial charge in [0.1, 0.15) is 5.58 Å². The summed E-state index contributed by atoms with van der Waals surface area (Å²) in [6.45, 7) is 1.57. The molecule has 0 radical (unpaired) electrons. The molecule has 0 spiro atoms. The summed E-state index contributed by atoms with van der Waals surface area (Å²) in [5, 5.41) is 20.5. The molecule has 0 fully saturated rings. The minimum Gasteiger partial charge on any atom is -0.872 e. The second kappa shape index (κ2) is 2.77. The predicted octanol–water partition coefficient (Wildman–Crippen LogP) is 1.51. The molecule has 1 aromatic carbocycles. The highest BCUT2D eigenvalue weighted by molar-refractivity contribution is 5.97. The van der Waals surface area contributed by atoms with Gasteiger partial charge in [0, 0.05) is 10.9 Å². The number of carboxylic acid groups (broad SMARTS) is 1. The molecule has 0 aliphatic heterocycles. The van der Waals surface area contributed by atoms with Crippen LogP contribution in [0.3, 0.4) is 0 Å². The van der Waals surface area contributed by atoms with Crippen LogP contribution in [0.5, 0.6) is 5.75 Å². The van der Waals surface area contributed by atoms with Gasteiger partial charge in [0.15, 0.2) is 0 Å². The molecule has 0 saturated carbocycles. The number of aryl methyl sites for hydroxylation is 1. The van der Waals surface area contributed by atoms with Crippen LogP contribution in [0.15, 0.2) is 22.6 Å². The van der Waals surface area contributed by atoms with E-state index in [1.54, 1.807) is 19.1 Å². The molecule has 1 heterocycles. The Morgan fingerprint density at radius 3 is 2.79 bits per heavy atom. The van der Waals surface area contributed by atoms with Crippen LogP contribution in [0.2, 0.25) is 0 Å². The zero-order valence-electron chi connectivity index (χ0n) is 7.40. The van der Waals surface area contributed by atoms with Gasteiger partial charge in [-0.2, -0.15) is 0 Å². The topological polar surface area (TPSA) is 73.5 Å². The molecule has 1 N–H and O–H groups in total. The number of aromatic carboxylic acids is 1. The summed E-state index contributed by atoms with van der Waals surface area (Å²) in [5.41, 5.74) is 0.713. The Bertz CT molecular complexity index is 510. The van der Waals surface area contributed by atoms with Crippen molar-refractivity contribution in [2.45, 2.75) is 6.92 Å². The summed E-state index contributed by atoms with van der Waals surface area (Å²) >= 11 is 0. The first-order chi connectivity index (χ1) is 6.61.